The van der Waals surface area contributed by atoms with Gasteiger partial charge in [-0.1, -0.05) is 169 Å². The molecule has 0 bridgehead atoms. The second-order valence-corrected chi connectivity index (χ2v) is 15.3. The fraction of sp³-hybridized carbons (Fsp3) is 0.200. The van der Waals surface area contributed by atoms with Crippen molar-refractivity contribution >= 4 is 49.4 Å². The first-order valence-corrected chi connectivity index (χ1v) is 22.3. The quantitative estimate of drug-likeness (QED) is 0.162. The summed E-state index contributed by atoms with van der Waals surface area (Å²) in [6.45, 7) is 25.6. The van der Waals surface area contributed by atoms with Crippen molar-refractivity contribution in [2.24, 2.45) is 0 Å². The van der Waals surface area contributed by atoms with Gasteiger partial charge in [0.25, 0.3) is 0 Å². The summed E-state index contributed by atoms with van der Waals surface area (Å²) in [4.78, 5) is 2.53. The van der Waals surface area contributed by atoms with Crippen LogP contribution in [0.25, 0.3) is 65.7 Å². The van der Waals surface area contributed by atoms with Crippen molar-refractivity contribution in [2.75, 3.05) is 4.90 Å². The summed E-state index contributed by atoms with van der Waals surface area (Å²) in [7, 11) is 0. The van der Waals surface area contributed by atoms with Crippen LogP contribution in [0.5, 0.6) is 0 Å². The van der Waals surface area contributed by atoms with Crippen LogP contribution in [0.4, 0.5) is 17.1 Å². The number of hydrogen-bond donors (Lipinski definition) is 0. The van der Waals surface area contributed by atoms with Crippen LogP contribution in [-0.4, -0.2) is 0 Å². The topological polar surface area (TPSA) is 3.24 Å². The van der Waals surface area contributed by atoms with E-state index in [0.717, 1.165) is 0 Å². The Kier molecular flexibility index (Phi) is 14.3. The highest BCUT2D eigenvalue weighted by molar-refractivity contribution is 6.01. The number of anilines is 3. The van der Waals surface area contributed by atoms with E-state index in [1.807, 2.05) is 41.5 Å². The standard InChI is InChI=1S/C54H45N.3C2H6/c1-34-31-52(37(4)28-49(34)46-25-13-19-40-16-7-10-22-43(40)46)55(53-32-35(2)50(29-38(53)5)47-26-14-20-41-17-8-11-23-44(41)47)54-33-36(3)51(30-39(54)6)48-27-15-21-42-18-9-12-24-45(42)48;3*1-2/h7-33H,1-6H3;3*1-2H3. The molecule has 0 atom stereocenters. The van der Waals surface area contributed by atoms with Gasteiger partial charge in [0, 0.05) is 17.1 Å². The number of rotatable bonds is 6. The van der Waals surface area contributed by atoms with E-state index in [1.54, 1.807) is 0 Å². The van der Waals surface area contributed by atoms with Crippen molar-refractivity contribution in [3.8, 4) is 33.4 Å². The monoisotopic (exact) mass is 797 g/mol. The van der Waals surface area contributed by atoms with E-state index in [9.17, 15) is 0 Å². The van der Waals surface area contributed by atoms with Gasteiger partial charge in [0.2, 0.25) is 0 Å². The minimum atomic E-state index is 1.20. The van der Waals surface area contributed by atoms with E-state index in [0.29, 0.717) is 0 Å². The zero-order valence-electron chi connectivity index (χ0n) is 38.5. The molecule has 0 saturated heterocycles. The van der Waals surface area contributed by atoms with Crippen LogP contribution in [0, 0.1) is 41.5 Å². The normalized spacial score (nSPS) is 10.6. The average Bonchev–Trinajstić information content (AvgIpc) is 3.31. The third-order valence-electron chi connectivity index (χ3n) is 11.6. The van der Waals surface area contributed by atoms with Crippen molar-refractivity contribution < 1.29 is 0 Å². The molecule has 0 N–H and O–H groups in total. The van der Waals surface area contributed by atoms with Gasteiger partial charge < -0.3 is 4.90 Å². The van der Waals surface area contributed by atoms with Crippen molar-refractivity contribution in [1.82, 2.24) is 0 Å². The summed E-state index contributed by atoms with van der Waals surface area (Å²) < 4.78 is 0. The van der Waals surface area contributed by atoms with Gasteiger partial charge in [0.1, 0.15) is 0 Å². The molecule has 9 aromatic rings. The van der Waals surface area contributed by atoms with Crippen LogP contribution < -0.4 is 4.90 Å². The summed E-state index contributed by atoms with van der Waals surface area (Å²) in [6.07, 6.45) is 0. The highest BCUT2D eigenvalue weighted by Crippen LogP contribution is 2.46. The van der Waals surface area contributed by atoms with Crippen LogP contribution in [-0.2, 0) is 0 Å². The molecule has 0 aliphatic rings. The molecule has 0 unspecified atom stereocenters. The van der Waals surface area contributed by atoms with Gasteiger partial charge in [-0.2, -0.15) is 0 Å². The molecule has 0 aliphatic carbocycles. The molecular weight excluding hydrogens is 735 g/mol. The number of nitrogens with zero attached hydrogens (tertiary/aromatic N) is 1. The largest absolute Gasteiger partial charge is 0.310 e. The molecular formula is C60H63N. The van der Waals surface area contributed by atoms with Crippen molar-refractivity contribution in [3.63, 3.8) is 0 Å². The minimum absolute atomic E-state index is 1.20. The van der Waals surface area contributed by atoms with Crippen LogP contribution >= 0.6 is 0 Å². The Morgan fingerprint density at radius 3 is 0.770 bits per heavy atom. The molecule has 9 rings (SSSR count). The van der Waals surface area contributed by atoms with E-state index in [4.69, 9.17) is 0 Å². The van der Waals surface area contributed by atoms with Crippen LogP contribution in [0.3, 0.4) is 0 Å². The van der Waals surface area contributed by atoms with E-state index >= 15 is 0 Å². The summed E-state index contributed by atoms with van der Waals surface area (Å²) in [5.41, 5.74) is 18.7. The Bertz CT molecular complexity index is 2610. The van der Waals surface area contributed by atoms with Gasteiger partial charge in [-0.3, -0.25) is 0 Å². The molecule has 0 radical (unpaired) electrons. The smallest absolute Gasteiger partial charge is 0.0494 e. The average molecular weight is 798 g/mol. The Morgan fingerprint density at radius 2 is 0.492 bits per heavy atom. The molecule has 9 aromatic carbocycles. The van der Waals surface area contributed by atoms with Crippen LogP contribution in [0.2, 0.25) is 0 Å². The van der Waals surface area contributed by atoms with Gasteiger partial charge in [-0.15, -0.1) is 0 Å². The van der Waals surface area contributed by atoms with Crippen LogP contribution in [0.15, 0.2) is 164 Å². The summed E-state index contributed by atoms with van der Waals surface area (Å²) in [5.74, 6) is 0. The summed E-state index contributed by atoms with van der Waals surface area (Å²) >= 11 is 0. The maximum absolute atomic E-state index is 2.53. The highest BCUT2D eigenvalue weighted by Gasteiger charge is 2.23. The van der Waals surface area contributed by atoms with Crippen molar-refractivity contribution in [1.29, 1.82) is 0 Å². The fourth-order valence-corrected chi connectivity index (χ4v) is 8.77. The Labute approximate surface area is 366 Å². The minimum Gasteiger partial charge on any atom is -0.310 e. The molecule has 0 heterocycles. The van der Waals surface area contributed by atoms with Gasteiger partial charge >= 0.3 is 0 Å². The lowest BCUT2D eigenvalue weighted by Crippen LogP contribution is -2.15. The number of benzene rings is 9. The maximum atomic E-state index is 2.53. The van der Waals surface area contributed by atoms with Gasteiger partial charge in [-0.25, -0.2) is 0 Å². The van der Waals surface area contributed by atoms with E-state index in [-0.39, 0.29) is 0 Å². The summed E-state index contributed by atoms with van der Waals surface area (Å²) in [6, 6.07) is 60.5. The first-order chi connectivity index (χ1) is 29.8. The first-order valence-electron chi connectivity index (χ1n) is 22.3. The lowest BCUT2D eigenvalue weighted by molar-refractivity contribution is 1.18. The Hall–Kier alpha value is -6.44. The molecule has 0 amide bonds. The fourth-order valence-electron chi connectivity index (χ4n) is 8.77. The molecule has 0 aromatic heterocycles. The second kappa shape index (κ2) is 19.7. The number of fused-ring (bicyclic) bond motifs is 3. The van der Waals surface area contributed by atoms with Crippen molar-refractivity contribution in [3.05, 3.63) is 197 Å². The molecule has 61 heavy (non-hydrogen) atoms. The number of aryl methyl sites for hydroxylation is 6. The van der Waals surface area contributed by atoms with E-state index in [1.165, 1.54) is 116 Å². The zero-order chi connectivity index (χ0) is 43.8. The predicted octanol–water partition coefficient (Wildman–Crippen LogP) is 18.5. The maximum Gasteiger partial charge on any atom is 0.0494 e. The SMILES string of the molecule is CC.CC.CC.Cc1cc(N(c2cc(C)c(-c3cccc4ccccc34)cc2C)c2cc(C)c(-c3cccc4ccccc34)cc2C)c(C)cc1-c1cccc2ccccc12. The Morgan fingerprint density at radius 1 is 0.246 bits per heavy atom. The summed E-state index contributed by atoms with van der Waals surface area (Å²) in [5, 5.41) is 7.63. The third-order valence-corrected chi connectivity index (χ3v) is 11.6. The molecule has 0 fully saturated rings. The lowest BCUT2D eigenvalue weighted by atomic mass is 9.90. The van der Waals surface area contributed by atoms with E-state index in [2.05, 4.69) is 210 Å². The van der Waals surface area contributed by atoms with Gasteiger partial charge in [-0.05, 0) is 177 Å². The zero-order valence-corrected chi connectivity index (χ0v) is 38.5. The molecule has 308 valence electrons. The molecule has 1 heteroatoms. The highest BCUT2D eigenvalue weighted by atomic mass is 15.1. The molecule has 0 spiro atoms. The molecule has 0 aliphatic heterocycles. The van der Waals surface area contributed by atoms with Crippen molar-refractivity contribution in [2.45, 2.75) is 83.1 Å². The predicted molar refractivity (Wildman–Crippen MR) is 272 cm³/mol. The number of hydrogen-bond acceptors (Lipinski definition) is 1. The van der Waals surface area contributed by atoms with Gasteiger partial charge in [0.05, 0.1) is 0 Å². The molecule has 1 nitrogen and oxygen atoms in total. The van der Waals surface area contributed by atoms with Gasteiger partial charge in [0.15, 0.2) is 0 Å². The Balaban J connectivity index is 0.000000995. The third kappa shape index (κ3) is 8.61. The lowest BCUT2D eigenvalue weighted by Gasteiger charge is -2.32. The second-order valence-electron chi connectivity index (χ2n) is 15.3. The first kappa shape index (κ1) is 44.1. The molecule has 0 saturated carbocycles. The van der Waals surface area contributed by atoms with Crippen LogP contribution in [0.1, 0.15) is 74.9 Å². The van der Waals surface area contributed by atoms with E-state index < -0.39 is 0 Å².